The Labute approximate surface area is 124 Å². The van der Waals surface area contributed by atoms with E-state index >= 15 is 0 Å². The lowest BCUT2D eigenvalue weighted by Crippen LogP contribution is -2.23. The number of halogens is 2. The molecule has 3 rings (SSSR count). The first-order chi connectivity index (χ1) is 10.1. The molecule has 0 unspecified atom stereocenters. The smallest absolute Gasteiger partial charge is 0.282 e. The molecule has 2 aromatic carbocycles. The van der Waals surface area contributed by atoms with Crippen molar-refractivity contribution in [1.82, 2.24) is 9.78 Å². The van der Waals surface area contributed by atoms with Crippen LogP contribution in [0, 0.1) is 5.82 Å². The van der Waals surface area contributed by atoms with Crippen LogP contribution in [0.5, 0.6) is 0 Å². The number of aliphatic hydroxyl groups excluding tert-OH is 1. The molecule has 0 aliphatic rings. The maximum atomic E-state index is 13.9. The molecule has 0 saturated heterocycles. The van der Waals surface area contributed by atoms with Crippen molar-refractivity contribution in [3.63, 3.8) is 0 Å². The zero-order valence-electron chi connectivity index (χ0n) is 10.8. The van der Waals surface area contributed by atoms with Crippen LogP contribution in [-0.2, 0) is 6.61 Å². The summed E-state index contributed by atoms with van der Waals surface area (Å²) in [5.41, 5.74) is 0.104. The third-order valence-corrected chi connectivity index (χ3v) is 3.60. The lowest BCUT2D eigenvalue weighted by Gasteiger charge is -2.11. The number of fused-ring (bicyclic) bond motifs is 1. The molecule has 0 aliphatic heterocycles. The molecule has 0 spiro atoms. The molecule has 106 valence electrons. The highest BCUT2D eigenvalue weighted by atomic mass is 35.5. The van der Waals surface area contributed by atoms with Crippen LogP contribution in [-0.4, -0.2) is 14.9 Å². The molecule has 6 heteroatoms. The maximum absolute atomic E-state index is 13.9. The van der Waals surface area contributed by atoms with Gasteiger partial charge in [0.2, 0.25) is 0 Å². The summed E-state index contributed by atoms with van der Waals surface area (Å²) >= 11 is 6.00. The van der Waals surface area contributed by atoms with Crippen molar-refractivity contribution >= 4 is 22.4 Å². The van der Waals surface area contributed by atoms with Crippen LogP contribution in [0.4, 0.5) is 4.39 Å². The van der Waals surface area contributed by atoms with Gasteiger partial charge in [-0.15, -0.1) is 0 Å². The fourth-order valence-electron chi connectivity index (χ4n) is 2.23. The molecule has 3 aromatic rings. The molecule has 1 aromatic heterocycles. The minimum absolute atomic E-state index is 0.0450. The van der Waals surface area contributed by atoms with Crippen molar-refractivity contribution in [3.05, 3.63) is 69.4 Å². The Morgan fingerprint density at radius 3 is 2.76 bits per heavy atom. The predicted octanol–water partition coefficient (Wildman–Crippen LogP) is 2.67. The van der Waals surface area contributed by atoms with E-state index in [1.807, 2.05) is 0 Å². The van der Waals surface area contributed by atoms with Crippen molar-refractivity contribution in [2.24, 2.45) is 0 Å². The van der Waals surface area contributed by atoms with Gasteiger partial charge < -0.3 is 5.11 Å². The largest absolute Gasteiger partial charge is 0.392 e. The van der Waals surface area contributed by atoms with Crippen LogP contribution >= 0.6 is 11.6 Å². The van der Waals surface area contributed by atoms with E-state index in [1.165, 1.54) is 18.3 Å². The average molecular weight is 305 g/mol. The van der Waals surface area contributed by atoms with Gasteiger partial charge in [0.05, 0.1) is 23.9 Å². The Hall–Kier alpha value is -2.24. The van der Waals surface area contributed by atoms with Gasteiger partial charge in [-0.2, -0.15) is 9.78 Å². The Kier molecular flexibility index (Phi) is 3.45. The first kappa shape index (κ1) is 13.7. The van der Waals surface area contributed by atoms with E-state index in [-0.39, 0.29) is 12.0 Å². The molecular formula is C15H10ClFN2O2. The second kappa shape index (κ2) is 5.27. The summed E-state index contributed by atoms with van der Waals surface area (Å²) in [7, 11) is 0. The summed E-state index contributed by atoms with van der Waals surface area (Å²) in [6.45, 7) is -0.349. The normalized spacial score (nSPS) is 11.0. The van der Waals surface area contributed by atoms with Crippen LogP contribution in [0.25, 0.3) is 16.5 Å². The molecule has 4 nitrogen and oxygen atoms in total. The lowest BCUT2D eigenvalue weighted by atomic mass is 10.1. The lowest BCUT2D eigenvalue weighted by molar-refractivity contribution is 0.281. The molecule has 21 heavy (non-hydrogen) atoms. The summed E-state index contributed by atoms with van der Waals surface area (Å²) in [5.74, 6) is -0.610. The highest BCUT2D eigenvalue weighted by molar-refractivity contribution is 6.31. The summed E-state index contributed by atoms with van der Waals surface area (Å²) in [6, 6.07) is 9.18. The predicted molar refractivity (Wildman–Crippen MR) is 78.2 cm³/mol. The van der Waals surface area contributed by atoms with E-state index in [2.05, 4.69) is 5.10 Å². The molecular weight excluding hydrogens is 295 g/mol. The molecule has 0 saturated carbocycles. The monoisotopic (exact) mass is 304 g/mol. The van der Waals surface area contributed by atoms with Gasteiger partial charge in [-0.25, -0.2) is 4.39 Å². The Morgan fingerprint density at radius 2 is 2.00 bits per heavy atom. The SMILES string of the molecule is O=c1c2c(F)cccc2cnn1-c1cccc(Cl)c1CO. The zero-order chi connectivity index (χ0) is 15.0. The maximum Gasteiger partial charge on any atom is 0.282 e. The second-order valence-electron chi connectivity index (χ2n) is 4.46. The molecule has 0 atom stereocenters. The summed E-state index contributed by atoms with van der Waals surface area (Å²) < 4.78 is 14.9. The van der Waals surface area contributed by atoms with E-state index in [1.54, 1.807) is 24.3 Å². The number of nitrogens with zero attached hydrogens (tertiary/aromatic N) is 2. The van der Waals surface area contributed by atoms with E-state index in [0.717, 1.165) is 4.68 Å². The molecule has 0 radical (unpaired) electrons. The minimum Gasteiger partial charge on any atom is -0.392 e. The fourth-order valence-corrected chi connectivity index (χ4v) is 2.46. The molecule has 0 aliphatic carbocycles. The summed E-state index contributed by atoms with van der Waals surface area (Å²) in [6.07, 6.45) is 1.40. The Morgan fingerprint density at radius 1 is 1.24 bits per heavy atom. The highest BCUT2D eigenvalue weighted by Gasteiger charge is 2.14. The summed E-state index contributed by atoms with van der Waals surface area (Å²) in [5, 5.41) is 14.1. The van der Waals surface area contributed by atoms with E-state index in [0.29, 0.717) is 21.7 Å². The minimum atomic E-state index is -0.610. The Balaban J connectivity index is 2.37. The van der Waals surface area contributed by atoms with Gasteiger partial charge in [0.1, 0.15) is 5.82 Å². The zero-order valence-corrected chi connectivity index (χ0v) is 11.5. The quantitative estimate of drug-likeness (QED) is 0.792. The van der Waals surface area contributed by atoms with Crippen LogP contribution in [0.2, 0.25) is 5.02 Å². The second-order valence-corrected chi connectivity index (χ2v) is 4.87. The highest BCUT2D eigenvalue weighted by Crippen LogP contribution is 2.22. The number of hydrogen-bond donors (Lipinski definition) is 1. The number of benzene rings is 2. The van der Waals surface area contributed by atoms with Crippen molar-refractivity contribution < 1.29 is 9.50 Å². The third-order valence-electron chi connectivity index (χ3n) is 3.24. The molecule has 0 bridgehead atoms. The summed E-state index contributed by atoms with van der Waals surface area (Å²) in [4.78, 5) is 12.5. The average Bonchev–Trinajstić information content (AvgIpc) is 2.47. The topological polar surface area (TPSA) is 55.1 Å². The Bertz CT molecular complexity index is 892. The van der Waals surface area contributed by atoms with Crippen molar-refractivity contribution in [1.29, 1.82) is 0 Å². The van der Waals surface area contributed by atoms with Crippen LogP contribution in [0.3, 0.4) is 0 Å². The number of aliphatic hydroxyl groups is 1. The molecule has 1 N–H and O–H groups in total. The van der Waals surface area contributed by atoms with Crippen molar-refractivity contribution in [2.45, 2.75) is 6.61 Å². The van der Waals surface area contributed by atoms with Gasteiger partial charge in [-0.1, -0.05) is 29.8 Å². The van der Waals surface area contributed by atoms with E-state index in [9.17, 15) is 14.3 Å². The number of rotatable bonds is 2. The van der Waals surface area contributed by atoms with Crippen LogP contribution < -0.4 is 5.56 Å². The van der Waals surface area contributed by atoms with E-state index in [4.69, 9.17) is 11.6 Å². The van der Waals surface area contributed by atoms with Gasteiger partial charge in [0, 0.05) is 16.0 Å². The van der Waals surface area contributed by atoms with Gasteiger partial charge in [-0.05, 0) is 18.2 Å². The fraction of sp³-hybridized carbons (Fsp3) is 0.0667. The standard InChI is InChI=1S/C15H10ClFN2O2/c16-11-4-2-6-13(10(11)8-20)19-15(21)14-9(7-18-19)3-1-5-12(14)17/h1-7,20H,8H2. The molecule has 1 heterocycles. The number of hydrogen-bond acceptors (Lipinski definition) is 3. The van der Waals surface area contributed by atoms with E-state index < -0.39 is 11.4 Å². The van der Waals surface area contributed by atoms with Crippen molar-refractivity contribution in [3.8, 4) is 5.69 Å². The number of aromatic nitrogens is 2. The van der Waals surface area contributed by atoms with Gasteiger partial charge in [0.15, 0.2) is 0 Å². The van der Waals surface area contributed by atoms with Crippen molar-refractivity contribution in [2.75, 3.05) is 0 Å². The van der Waals surface area contributed by atoms with Gasteiger partial charge in [-0.3, -0.25) is 4.79 Å². The van der Waals surface area contributed by atoms with Gasteiger partial charge >= 0.3 is 0 Å². The first-order valence-electron chi connectivity index (χ1n) is 6.18. The molecule has 0 fully saturated rings. The van der Waals surface area contributed by atoms with Crippen LogP contribution in [0.15, 0.2) is 47.4 Å². The van der Waals surface area contributed by atoms with Gasteiger partial charge in [0.25, 0.3) is 5.56 Å². The third kappa shape index (κ3) is 2.20. The first-order valence-corrected chi connectivity index (χ1v) is 6.56. The van der Waals surface area contributed by atoms with Crippen LogP contribution in [0.1, 0.15) is 5.56 Å². The molecule has 0 amide bonds.